The Morgan fingerprint density at radius 1 is 0.946 bits per heavy atom. The molecule has 14 heteroatoms. The number of likely N-dealkylation sites (tertiary alicyclic amines) is 1. The topological polar surface area (TPSA) is 186 Å². The Labute approximate surface area is 329 Å². The number of hydrogen-bond donors (Lipinski definition) is 5. The second kappa shape index (κ2) is 13.9. The van der Waals surface area contributed by atoms with Gasteiger partial charge in [-0.3, -0.25) is 28.8 Å². The zero-order valence-electron chi connectivity index (χ0n) is 34.0. The summed E-state index contributed by atoms with van der Waals surface area (Å²) in [5, 5.41) is 14.2. The number of fused-ring (bicyclic) bond motifs is 1. The molecule has 14 nitrogen and oxygen atoms in total. The molecule has 5 N–H and O–H groups in total. The summed E-state index contributed by atoms with van der Waals surface area (Å²) < 4.78 is 0. The standard InChI is InChI=1S/C42H59N7O7/c1-9-13-26(31(51)35(53)43-20-27(50)45-29(36(54)48(7)8)23-14-11-10-12-15-23)44-34(52)30-28-25(40(28,5)6)21-49(30)37(55)33(39(2,3)4)46-38(56)47-42-18-22-16-24-19-41(42,17-22)32(24)42/h10-12,14-15,22,24-26,28-30,32-33H,9,13,16-21H2,1-8H3,(H,43,53)(H,44,52)(H,45,50)(H2,46,47,56)/t22?,24?,25?,26?,28?,29-,30-,32?,33+,41?,42?/m0/s1. The van der Waals surface area contributed by atoms with Crippen LogP contribution in [0, 0.1) is 45.8 Å². The molecule has 1 aliphatic heterocycles. The van der Waals surface area contributed by atoms with Crippen molar-refractivity contribution in [2.45, 2.75) is 110 Å². The van der Waals surface area contributed by atoms with Crippen LogP contribution in [0.1, 0.15) is 91.7 Å². The molecular formula is C42H59N7O7. The Bertz CT molecular complexity index is 1830. The van der Waals surface area contributed by atoms with Crippen LogP contribution in [0.5, 0.6) is 0 Å². The molecule has 5 bridgehead atoms. The monoisotopic (exact) mass is 773 g/mol. The Balaban J connectivity index is 0.992. The summed E-state index contributed by atoms with van der Waals surface area (Å²) >= 11 is 0. The van der Waals surface area contributed by atoms with Crippen LogP contribution in [0.25, 0.3) is 0 Å². The highest BCUT2D eigenvalue weighted by atomic mass is 16.2. The molecule has 1 aromatic rings. The van der Waals surface area contributed by atoms with E-state index in [9.17, 15) is 33.6 Å². The van der Waals surface area contributed by atoms with Crippen LogP contribution in [0.15, 0.2) is 30.3 Å². The van der Waals surface area contributed by atoms with E-state index < -0.39 is 59.6 Å². The second-order valence-electron chi connectivity index (χ2n) is 19.4. The predicted molar refractivity (Wildman–Crippen MR) is 206 cm³/mol. The van der Waals surface area contributed by atoms with Crippen LogP contribution in [-0.2, 0) is 28.8 Å². The summed E-state index contributed by atoms with van der Waals surface area (Å²) in [5.41, 5.74) is -0.227. The minimum atomic E-state index is -1.19. The van der Waals surface area contributed by atoms with Crippen LogP contribution in [0.4, 0.5) is 4.79 Å². The lowest BCUT2D eigenvalue weighted by atomic mass is 9.61. The van der Waals surface area contributed by atoms with Gasteiger partial charge >= 0.3 is 6.03 Å². The van der Waals surface area contributed by atoms with Gasteiger partial charge in [-0.15, -0.1) is 0 Å². The summed E-state index contributed by atoms with van der Waals surface area (Å²) in [4.78, 5) is 97.8. The van der Waals surface area contributed by atoms with Gasteiger partial charge < -0.3 is 36.4 Å². The fraction of sp³-hybridized carbons (Fsp3) is 0.690. The summed E-state index contributed by atoms with van der Waals surface area (Å²) in [6.45, 7) is 11.4. The molecule has 1 heterocycles. The van der Waals surface area contributed by atoms with E-state index in [0.717, 1.165) is 6.42 Å². The first kappa shape index (κ1) is 39.7. The van der Waals surface area contributed by atoms with E-state index in [1.54, 1.807) is 49.3 Å². The molecule has 304 valence electrons. The Morgan fingerprint density at radius 3 is 2.23 bits per heavy atom. The minimum absolute atomic E-state index is 0.0592. The lowest BCUT2D eigenvalue weighted by Crippen LogP contribution is -2.62. The number of hydrogen-bond acceptors (Lipinski definition) is 7. The molecule has 9 rings (SSSR count). The van der Waals surface area contributed by atoms with E-state index in [-0.39, 0.29) is 52.5 Å². The van der Waals surface area contributed by atoms with Gasteiger partial charge in [-0.2, -0.15) is 0 Å². The fourth-order valence-electron chi connectivity index (χ4n) is 11.7. The van der Waals surface area contributed by atoms with Crippen molar-refractivity contribution < 1.29 is 33.6 Å². The van der Waals surface area contributed by atoms with Gasteiger partial charge in [0.25, 0.3) is 5.91 Å². The number of nitrogens with zero attached hydrogens (tertiary/aromatic N) is 2. The maximum Gasteiger partial charge on any atom is 0.315 e. The fourth-order valence-corrected chi connectivity index (χ4v) is 11.7. The average Bonchev–Trinajstić information content (AvgIpc) is 3.60. The Hall–Kier alpha value is -4.49. The van der Waals surface area contributed by atoms with Crippen LogP contribution >= 0.6 is 0 Å². The molecule has 1 spiro atoms. The van der Waals surface area contributed by atoms with Crippen molar-refractivity contribution in [3.05, 3.63) is 35.9 Å². The second-order valence-corrected chi connectivity index (χ2v) is 19.4. The van der Waals surface area contributed by atoms with Crippen molar-refractivity contribution in [3.8, 4) is 0 Å². The van der Waals surface area contributed by atoms with E-state index in [4.69, 9.17) is 0 Å². The number of carbonyl (C=O) groups is 7. The third-order valence-corrected chi connectivity index (χ3v) is 14.4. The summed E-state index contributed by atoms with van der Waals surface area (Å²) in [6.07, 6.45) is 5.28. The van der Waals surface area contributed by atoms with Crippen molar-refractivity contribution in [2.75, 3.05) is 27.2 Å². The number of rotatable bonds is 14. The normalized spacial score (nSPS) is 32.3. The Kier molecular flexibility index (Phi) is 9.84. The summed E-state index contributed by atoms with van der Waals surface area (Å²) in [5.74, 6) is -2.06. The molecule has 0 radical (unpaired) electrons. The van der Waals surface area contributed by atoms with Crippen LogP contribution in [0.2, 0.25) is 0 Å². The molecule has 11 atom stereocenters. The van der Waals surface area contributed by atoms with Gasteiger partial charge in [0, 0.05) is 20.6 Å². The molecule has 7 saturated carbocycles. The van der Waals surface area contributed by atoms with Crippen LogP contribution in [-0.4, -0.2) is 102 Å². The van der Waals surface area contributed by atoms with Crippen molar-refractivity contribution in [2.24, 2.45) is 45.8 Å². The minimum Gasteiger partial charge on any atom is -0.347 e. The average molecular weight is 774 g/mol. The highest BCUT2D eigenvalue weighted by Crippen LogP contribution is 2.89. The van der Waals surface area contributed by atoms with E-state index >= 15 is 0 Å². The van der Waals surface area contributed by atoms with E-state index in [0.29, 0.717) is 36.3 Å². The smallest absolute Gasteiger partial charge is 0.315 e. The quantitative estimate of drug-likeness (QED) is 0.180. The highest BCUT2D eigenvalue weighted by molar-refractivity contribution is 6.38. The highest BCUT2D eigenvalue weighted by Gasteiger charge is 2.90. The lowest BCUT2D eigenvalue weighted by Gasteiger charge is -2.43. The van der Waals surface area contributed by atoms with Gasteiger partial charge in [0.15, 0.2) is 0 Å². The number of carbonyl (C=O) groups excluding carboxylic acids is 7. The zero-order valence-corrected chi connectivity index (χ0v) is 34.0. The van der Waals surface area contributed by atoms with Crippen molar-refractivity contribution in [3.63, 3.8) is 0 Å². The number of nitrogens with one attached hydrogen (secondary N) is 5. The maximum absolute atomic E-state index is 14.5. The molecule has 7 aliphatic carbocycles. The predicted octanol–water partition coefficient (Wildman–Crippen LogP) is 2.29. The number of ketones is 1. The van der Waals surface area contributed by atoms with Gasteiger partial charge in [0.2, 0.25) is 29.4 Å². The number of Topliss-reactive ketones (excluding diaryl/α,β-unsaturated/α-hetero) is 1. The first-order valence-corrected chi connectivity index (χ1v) is 20.3. The van der Waals surface area contributed by atoms with E-state index in [2.05, 4.69) is 40.4 Å². The molecule has 8 aliphatic rings. The molecule has 1 saturated heterocycles. The first-order chi connectivity index (χ1) is 26.3. The summed E-state index contributed by atoms with van der Waals surface area (Å²) in [6, 6.07) is 4.35. The number of amides is 7. The lowest BCUT2D eigenvalue weighted by molar-refractivity contribution is -0.145. The summed E-state index contributed by atoms with van der Waals surface area (Å²) in [7, 11) is 3.14. The van der Waals surface area contributed by atoms with Crippen molar-refractivity contribution in [1.29, 1.82) is 0 Å². The SMILES string of the molecule is CCCC(NC(=O)[C@@H]1C2C(CN1C(=O)[C@@H](NC(=O)NC13CC4CC5CC1(C4)C53)C(C)(C)C)C2(C)C)C(=O)C(=O)NCC(=O)N[C@H](C(=O)N(C)C)c1ccccc1. The number of piperidine rings is 1. The number of urea groups is 1. The third kappa shape index (κ3) is 6.44. The molecule has 8 unspecified atom stereocenters. The zero-order chi connectivity index (χ0) is 40.7. The van der Waals surface area contributed by atoms with E-state index in [1.165, 1.54) is 24.2 Å². The van der Waals surface area contributed by atoms with Gasteiger partial charge in [-0.1, -0.05) is 78.3 Å². The molecule has 56 heavy (non-hydrogen) atoms. The number of benzene rings is 1. The largest absolute Gasteiger partial charge is 0.347 e. The van der Waals surface area contributed by atoms with Gasteiger partial charge in [0.05, 0.1) is 18.1 Å². The molecule has 0 aromatic heterocycles. The van der Waals surface area contributed by atoms with Gasteiger partial charge in [-0.05, 0) is 83.5 Å². The van der Waals surface area contributed by atoms with Gasteiger partial charge in [-0.25, -0.2) is 4.79 Å². The number of likely N-dealkylation sites (N-methyl/N-ethyl adjacent to an activating group) is 1. The molecule has 1 aromatic carbocycles. The van der Waals surface area contributed by atoms with Crippen molar-refractivity contribution >= 4 is 41.4 Å². The first-order valence-electron chi connectivity index (χ1n) is 20.3. The van der Waals surface area contributed by atoms with Crippen molar-refractivity contribution in [1.82, 2.24) is 36.4 Å². The van der Waals surface area contributed by atoms with Crippen LogP contribution in [0.3, 0.4) is 0 Å². The van der Waals surface area contributed by atoms with Crippen LogP contribution < -0.4 is 26.6 Å². The van der Waals surface area contributed by atoms with Gasteiger partial charge in [0.1, 0.15) is 18.1 Å². The molecule has 7 amide bonds. The maximum atomic E-state index is 14.5. The van der Waals surface area contributed by atoms with E-state index in [1.807, 2.05) is 27.7 Å². The molecule has 8 fully saturated rings. The Morgan fingerprint density at radius 2 is 1.64 bits per heavy atom. The third-order valence-electron chi connectivity index (χ3n) is 14.4. The molecular weight excluding hydrogens is 715 g/mol.